The zero-order chi connectivity index (χ0) is 20.8. The number of hydrogen-bond donors (Lipinski definition) is 1. The monoisotopic (exact) mass is 380 g/mol. The summed E-state index contributed by atoms with van der Waals surface area (Å²) >= 11 is 0. The van der Waals surface area contributed by atoms with Crippen molar-refractivity contribution in [3.05, 3.63) is 88.5 Å². The lowest BCUT2D eigenvalue weighted by molar-refractivity contribution is -0.671. The third-order valence-corrected chi connectivity index (χ3v) is 4.46. The average Bonchev–Trinajstić information content (AvgIpc) is 2.73. The minimum Gasteiger partial charge on any atom is -0.507 e. The van der Waals surface area contributed by atoms with Gasteiger partial charge in [0, 0.05) is 28.8 Å². The molecular weight excluding hydrogens is 360 g/mol. The Labute approximate surface area is 170 Å². The van der Waals surface area contributed by atoms with Crippen LogP contribution in [-0.2, 0) is 14.1 Å². The predicted octanol–water partition coefficient (Wildman–Crippen LogP) is 3.13. The fraction of sp³-hybridized carbons (Fsp3) is 0.0833. The van der Waals surface area contributed by atoms with E-state index in [1.807, 2.05) is 72.1 Å². The van der Waals surface area contributed by atoms with Crippen LogP contribution in [0.4, 0.5) is 0 Å². The van der Waals surface area contributed by atoms with Crippen LogP contribution < -0.4 is 9.13 Å². The standard InChI is InChI=1S/C24H19N4O/c1-27-11-9-19(22(14-25)16-27)5-3-18-4-8-24(29)21(13-18)7-6-20-10-12-28(2)17-23(20)15-26/h3-13,16-17H,1-2H3/q+1/p+1. The molecule has 2 heterocycles. The maximum Gasteiger partial charge on any atom is 0.187 e. The third kappa shape index (κ3) is 4.74. The highest BCUT2D eigenvalue weighted by Gasteiger charge is 2.06. The van der Waals surface area contributed by atoms with Crippen molar-refractivity contribution >= 4 is 24.3 Å². The lowest BCUT2D eigenvalue weighted by Gasteiger charge is -2.02. The molecule has 0 spiro atoms. The van der Waals surface area contributed by atoms with Gasteiger partial charge in [-0.15, -0.1) is 0 Å². The molecule has 140 valence electrons. The van der Waals surface area contributed by atoms with Gasteiger partial charge in [-0.2, -0.15) is 10.5 Å². The Morgan fingerprint density at radius 2 is 1.28 bits per heavy atom. The van der Waals surface area contributed by atoms with Crippen LogP contribution in [-0.4, -0.2) is 5.11 Å². The van der Waals surface area contributed by atoms with Gasteiger partial charge in [0.15, 0.2) is 24.8 Å². The Bertz CT molecular complexity index is 1210. The summed E-state index contributed by atoms with van der Waals surface area (Å²) in [6.07, 6.45) is 14.7. The minimum atomic E-state index is 0.155. The zero-order valence-corrected chi connectivity index (χ0v) is 16.2. The zero-order valence-electron chi connectivity index (χ0n) is 16.2. The summed E-state index contributed by atoms with van der Waals surface area (Å²) in [4.78, 5) is 0. The molecule has 3 aromatic rings. The largest absolute Gasteiger partial charge is 0.507 e. The second-order valence-electron chi connectivity index (χ2n) is 6.67. The maximum atomic E-state index is 10.2. The van der Waals surface area contributed by atoms with E-state index < -0.39 is 0 Å². The molecule has 0 atom stereocenters. The molecule has 5 nitrogen and oxygen atoms in total. The average molecular weight is 380 g/mol. The maximum absolute atomic E-state index is 10.2. The number of nitrogens with zero attached hydrogens (tertiary/aromatic N) is 4. The topological polar surface area (TPSA) is 75.6 Å². The Balaban J connectivity index is 1.90. The SMILES string of the molecule is C[n+]1ccc(C=Cc2ccc(O)c(C=Cc3cc[n+](C)cc3C#N)c2)c(C#N)c1. The number of benzene rings is 1. The van der Waals surface area contributed by atoms with Crippen molar-refractivity contribution in [3.63, 3.8) is 0 Å². The first kappa shape index (κ1) is 19.5. The number of aromatic hydroxyl groups is 1. The van der Waals surface area contributed by atoms with E-state index in [4.69, 9.17) is 0 Å². The number of aromatic nitrogens is 2. The van der Waals surface area contributed by atoms with E-state index in [-0.39, 0.29) is 5.75 Å². The molecule has 0 unspecified atom stereocenters. The number of rotatable bonds is 4. The minimum absolute atomic E-state index is 0.155. The van der Waals surface area contributed by atoms with E-state index in [1.54, 1.807) is 30.6 Å². The van der Waals surface area contributed by atoms with Gasteiger partial charge < -0.3 is 5.11 Å². The van der Waals surface area contributed by atoms with Gasteiger partial charge in [0.1, 0.15) is 43.1 Å². The van der Waals surface area contributed by atoms with Crippen LogP contribution in [0.5, 0.6) is 5.75 Å². The van der Waals surface area contributed by atoms with Crippen molar-refractivity contribution in [2.45, 2.75) is 0 Å². The predicted molar refractivity (Wildman–Crippen MR) is 111 cm³/mol. The molecule has 1 N–H and O–H groups in total. The molecule has 1 aromatic carbocycles. The van der Waals surface area contributed by atoms with Crippen molar-refractivity contribution in [1.82, 2.24) is 0 Å². The summed E-state index contributed by atoms with van der Waals surface area (Å²) in [6, 6.07) is 13.4. The van der Waals surface area contributed by atoms with E-state index in [2.05, 4.69) is 12.1 Å². The fourth-order valence-electron chi connectivity index (χ4n) is 2.87. The summed E-state index contributed by atoms with van der Waals surface area (Å²) in [5.41, 5.74) is 4.28. The van der Waals surface area contributed by atoms with Crippen LogP contribution in [0.3, 0.4) is 0 Å². The Hall–Kier alpha value is -4.22. The van der Waals surface area contributed by atoms with Crippen LogP contribution in [0.1, 0.15) is 33.4 Å². The molecule has 0 aliphatic heterocycles. The first-order chi connectivity index (χ1) is 14.0. The lowest BCUT2D eigenvalue weighted by Crippen LogP contribution is -2.27. The molecule has 0 saturated heterocycles. The first-order valence-electron chi connectivity index (χ1n) is 8.98. The van der Waals surface area contributed by atoms with Gasteiger partial charge in [-0.25, -0.2) is 9.13 Å². The Morgan fingerprint density at radius 3 is 1.83 bits per heavy atom. The molecule has 0 saturated carbocycles. The Kier molecular flexibility index (Phi) is 5.83. The quantitative estimate of drug-likeness (QED) is 0.707. The number of hydrogen-bond acceptors (Lipinski definition) is 3. The molecule has 0 fully saturated rings. The van der Waals surface area contributed by atoms with Crippen molar-refractivity contribution in [2.24, 2.45) is 14.1 Å². The van der Waals surface area contributed by atoms with Gasteiger partial charge in [-0.1, -0.05) is 30.4 Å². The number of phenolic OH excluding ortho intramolecular Hbond substituents is 1. The third-order valence-electron chi connectivity index (χ3n) is 4.46. The van der Waals surface area contributed by atoms with E-state index >= 15 is 0 Å². The van der Waals surface area contributed by atoms with Crippen LogP contribution in [0.25, 0.3) is 24.3 Å². The van der Waals surface area contributed by atoms with Gasteiger partial charge >= 0.3 is 0 Å². The molecule has 2 aromatic heterocycles. The molecule has 0 amide bonds. The number of pyridine rings is 2. The molecular formula is C24H20N4O+2. The van der Waals surface area contributed by atoms with E-state index in [0.29, 0.717) is 16.7 Å². The van der Waals surface area contributed by atoms with Gasteiger partial charge in [-0.3, -0.25) is 0 Å². The summed E-state index contributed by atoms with van der Waals surface area (Å²) in [6.45, 7) is 0. The Morgan fingerprint density at radius 1 is 0.759 bits per heavy atom. The molecule has 3 rings (SSSR count). The highest BCUT2D eigenvalue weighted by molar-refractivity contribution is 5.78. The molecule has 0 radical (unpaired) electrons. The molecule has 29 heavy (non-hydrogen) atoms. The normalized spacial score (nSPS) is 10.9. The summed E-state index contributed by atoms with van der Waals surface area (Å²) in [5.74, 6) is 0.155. The van der Waals surface area contributed by atoms with Crippen molar-refractivity contribution in [3.8, 4) is 17.9 Å². The smallest absolute Gasteiger partial charge is 0.187 e. The molecule has 0 bridgehead atoms. The molecule has 0 aliphatic rings. The van der Waals surface area contributed by atoms with E-state index in [9.17, 15) is 15.6 Å². The summed E-state index contributed by atoms with van der Waals surface area (Å²) in [5, 5.41) is 28.8. The summed E-state index contributed by atoms with van der Waals surface area (Å²) < 4.78 is 3.65. The van der Waals surface area contributed by atoms with Crippen LogP contribution in [0.15, 0.2) is 55.1 Å². The summed E-state index contributed by atoms with van der Waals surface area (Å²) in [7, 11) is 3.73. The first-order valence-corrected chi connectivity index (χ1v) is 8.98. The second-order valence-corrected chi connectivity index (χ2v) is 6.67. The van der Waals surface area contributed by atoms with Crippen LogP contribution >= 0.6 is 0 Å². The highest BCUT2D eigenvalue weighted by atomic mass is 16.3. The van der Waals surface area contributed by atoms with Crippen molar-refractivity contribution in [1.29, 1.82) is 10.5 Å². The molecule has 0 aliphatic carbocycles. The number of nitriles is 2. The fourth-order valence-corrected chi connectivity index (χ4v) is 2.87. The van der Waals surface area contributed by atoms with Crippen LogP contribution in [0, 0.1) is 22.7 Å². The van der Waals surface area contributed by atoms with Crippen LogP contribution in [0.2, 0.25) is 0 Å². The van der Waals surface area contributed by atoms with Gasteiger partial charge in [0.2, 0.25) is 0 Å². The van der Waals surface area contributed by atoms with E-state index in [0.717, 1.165) is 16.7 Å². The van der Waals surface area contributed by atoms with Gasteiger partial charge in [0.05, 0.1) is 0 Å². The lowest BCUT2D eigenvalue weighted by atomic mass is 10.0. The highest BCUT2D eigenvalue weighted by Crippen LogP contribution is 2.23. The van der Waals surface area contributed by atoms with Gasteiger partial charge in [-0.05, 0) is 17.7 Å². The van der Waals surface area contributed by atoms with Crippen molar-refractivity contribution in [2.75, 3.05) is 0 Å². The van der Waals surface area contributed by atoms with Gasteiger partial charge in [0.25, 0.3) is 0 Å². The van der Waals surface area contributed by atoms with Crippen molar-refractivity contribution < 1.29 is 14.2 Å². The number of aryl methyl sites for hydroxylation is 2. The second kappa shape index (κ2) is 8.65. The molecule has 5 heteroatoms. The number of phenols is 1. The van der Waals surface area contributed by atoms with E-state index in [1.165, 1.54) is 0 Å².